The average Bonchev–Trinajstić information content (AvgIpc) is 2.77. The Morgan fingerprint density at radius 3 is 2.67 bits per heavy atom. The lowest BCUT2D eigenvalue weighted by Crippen LogP contribution is -2.31. The van der Waals surface area contributed by atoms with Crippen LogP contribution in [0.5, 0.6) is 0 Å². The first-order valence-electron chi connectivity index (χ1n) is 6.62. The maximum absolute atomic E-state index is 3.55. The number of para-hydroxylation sites is 1. The molecule has 2 heterocycles. The van der Waals surface area contributed by atoms with Crippen LogP contribution in [0.4, 0.5) is 0 Å². The van der Waals surface area contributed by atoms with Gasteiger partial charge in [0.25, 0.3) is 0 Å². The Balaban J connectivity index is 1.91. The highest BCUT2D eigenvalue weighted by Gasteiger charge is 2.22. The second-order valence-corrected chi connectivity index (χ2v) is 5.73. The van der Waals surface area contributed by atoms with Gasteiger partial charge in [-0.05, 0) is 43.5 Å². The Bertz CT molecular complexity index is 538. The number of halogens is 1. The standard InChI is InChI=1S/C15H19BrN2/c1-17-10-14(13-4-2-3-5-15(13)17)12-6-8-18(11-16)9-7-12/h2-5,10,12H,6-9,11H2,1H3. The molecule has 1 aromatic heterocycles. The normalized spacial score (nSPS) is 18.6. The summed E-state index contributed by atoms with van der Waals surface area (Å²) in [4.78, 5) is 2.47. The second-order valence-electron chi connectivity index (χ2n) is 5.22. The van der Waals surface area contributed by atoms with Crippen LogP contribution in [0, 0.1) is 0 Å². The van der Waals surface area contributed by atoms with Gasteiger partial charge in [-0.15, -0.1) is 0 Å². The fourth-order valence-corrected chi connectivity index (χ4v) is 3.56. The maximum Gasteiger partial charge on any atom is 0.0542 e. The summed E-state index contributed by atoms with van der Waals surface area (Å²) in [6, 6.07) is 8.76. The van der Waals surface area contributed by atoms with Crippen molar-refractivity contribution in [3.05, 3.63) is 36.0 Å². The molecule has 96 valence electrons. The first-order chi connectivity index (χ1) is 8.79. The molecule has 1 fully saturated rings. The van der Waals surface area contributed by atoms with E-state index >= 15 is 0 Å². The zero-order valence-electron chi connectivity index (χ0n) is 10.8. The van der Waals surface area contributed by atoms with Gasteiger partial charge in [0.2, 0.25) is 0 Å². The summed E-state index contributed by atoms with van der Waals surface area (Å²) < 4.78 is 2.27. The monoisotopic (exact) mass is 306 g/mol. The van der Waals surface area contributed by atoms with Gasteiger partial charge in [0.15, 0.2) is 0 Å². The number of rotatable bonds is 2. The van der Waals surface area contributed by atoms with Crippen LogP contribution < -0.4 is 0 Å². The molecule has 0 aliphatic carbocycles. The molecule has 0 radical (unpaired) electrons. The highest BCUT2D eigenvalue weighted by atomic mass is 79.9. The van der Waals surface area contributed by atoms with Crippen molar-refractivity contribution in [3.8, 4) is 0 Å². The van der Waals surface area contributed by atoms with Gasteiger partial charge in [0, 0.05) is 24.1 Å². The predicted octanol–water partition coefficient (Wildman–Crippen LogP) is 3.71. The number of likely N-dealkylation sites (tertiary alicyclic amines) is 1. The lowest BCUT2D eigenvalue weighted by Gasteiger charge is -2.30. The number of alkyl halides is 1. The molecular formula is C15H19BrN2. The van der Waals surface area contributed by atoms with Crippen molar-refractivity contribution in [3.63, 3.8) is 0 Å². The van der Waals surface area contributed by atoms with E-state index in [1.807, 2.05) is 0 Å². The molecule has 2 aromatic rings. The van der Waals surface area contributed by atoms with E-state index in [0.29, 0.717) is 0 Å². The minimum atomic E-state index is 0.728. The van der Waals surface area contributed by atoms with Crippen molar-refractivity contribution in [2.24, 2.45) is 7.05 Å². The lowest BCUT2D eigenvalue weighted by atomic mass is 9.89. The lowest BCUT2D eigenvalue weighted by molar-refractivity contribution is 0.248. The highest BCUT2D eigenvalue weighted by molar-refractivity contribution is 9.09. The molecule has 1 saturated heterocycles. The third-order valence-electron chi connectivity index (χ3n) is 4.12. The first-order valence-corrected chi connectivity index (χ1v) is 7.74. The molecule has 0 amide bonds. The SMILES string of the molecule is Cn1cc(C2CCN(CBr)CC2)c2ccccc21. The van der Waals surface area contributed by atoms with E-state index in [4.69, 9.17) is 0 Å². The van der Waals surface area contributed by atoms with Crippen LogP contribution in [-0.4, -0.2) is 28.0 Å². The van der Waals surface area contributed by atoms with E-state index in [2.05, 4.69) is 62.9 Å². The van der Waals surface area contributed by atoms with E-state index in [9.17, 15) is 0 Å². The van der Waals surface area contributed by atoms with Crippen molar-refractivity contribution >= 4 is 26.8 Å². The van der Waals surface area contributed by atoms with E-state index in [1.54, 1.807) is 5.56 Å². The summed E-state index contributed by atoms with van der Waals surface area (Å²) in [6.45, 7) is 2.41. The zero-order valence-corrected chi connectivity index (χ0v) is 12.4. The molecule has 2 nitrogen and oxygen atoms in total. The third-order valence-corrected chi connectivity index (χ3v) is 4.83. The summed E-state index contributed by atoms with van der Waals surface area (Å²) in [5, 5.41) is 1.44. The minimum Gasteiger partial charge on any atom is -0.350 e. The van der Waals surface area contributed by atoms with Crippen LogP contribution >= 0.6 is 15.9 Å². The molecule has 1 aliphatic heterocycles. The van der Waals surface area contributed by atoms with E-state index in [0.717, 1.165) is 11.4 Å². The van der Waals surface area contributed by atoms with Crippen LogP contribution in [0.15, 0.2) is 30.5 Å². The number of hydrogen-bond donors (Lipinski definition) is 0. The van der Waals surface area contributed by atoms with Crippen LogP contribution in [-0.2, 0) is 7.05 Å². The van der Waals surface area contributed by atoms with Crippen molar-refractivity contribution in [1.82, 2.24) is 9.47 Å². The number of benzene rings is 1. The van der Waals surface area contributed by atoms with Crippen molar-refractivity contribution in [1.29, 1.82) is 0 Å². The molecule has 0 atom stereocenters. The van der Waals surface area contributed by atoms with Crippen LogP contribution in [0.1, 0.15) is 24.3 Å². The van der Waals surface area contributed by atoms with E-state index in [-0.39, 0.29) is 0 Å². The number of hydrogen-bond acceptors (Lipinski definition) is 1. The molecule has 3 heteroatoms. The summed E-state index contributed by atoms with van der Waals surface area (Å²) in [6.07, 6.45) is 4.89. The molecule has 0 unspecified atom stereocenters. The summed E-state index contributed by atoms with van der Waals surface area (Å²) in [5.41, 5.74) is 3.91. The van der Waals surface area contributed by atoms with Crippen LogP contribution in [0.25, 0.3) is 10.9 Å². The molecule has 1 aromatic carbocycles. The molecule has 0 saturated carbocycles. The quantitative estimate of drug-likeness (QED) is 0.606. The zero-order chi connectivity index (χ0) is 12.5. The Labute approximate surface area is 117 Å². The Morgan fingerprint density at radius 2 is 1.94 bits per heavy atom. The predicted molar refractivity (Wildman–Crippen MR) is 80.3 cm³/mol. The highest BCUT2D eigenvalue weighted by Crippen LogP contribution is 2.34. The van der Waals surface area contributed by atoms with E-state index in [1.165, 1.54) is 36.8 Å². The van der Waals surface area contributed by atoms with Gasteiger partial charge < -0.3 is 4.57 Å². The fourth-order valence-electron chi connectivity index (χ4n) is 3.06. The molecule has 0 spiro atoms. The molecule has 0 bridgehead atoms. The maximum atomic E-state index is 3.55. The minimum absolute atomic E-state index is 0.728. The number of piperidine rings is 1. The van der Waals surface area contributed by atoms with Crippen molar-refractivity contribution in [2.75, 3.05) is 18.5 Å². The Morgan fingerprint density at radius 1 is 1.22 bits per heavy atom. The van der Waals surface area contributed by atoms with Gasteiger partial charge in [-0.3, -0.25) is 4.90 Å². The summed E-state index contributed by atoms with van der Waals surface area (Å²) in [5.74, 6) is 0.728. The largest absolute Gasteiger partial charge is 0.350 e. The Hall–Kier alpha value is -0.800. The molecule has 3 rings (SSSR count). The van der Waals surface area contributed by atoms with Crippen LogP contribution in [0.3, 0.4) is 0 Å². The molecule has 0 N–H and O–H groups in total. The van der Waals surface area contributed by atoms with Crippen molar-refractivity contribution in [2.45, 2.75) is 18.8 Å². The third kappa shape index (κ3) is 2.10. The summed E-state index contributed by atoms with van der Waals surface area (Å²) in [7, 11) is 2.15. The summed E-state index contributed by atoms with van der Waals surface area (Å²) >= 11 is 3.55. The van der Waals surface area contributed by atoms with Gasteiger partial charge in [-0.1, -0.05) is 34.1 Å². The van der Waals surface area contributed by atoms with Crippen molar-refractivity contribution < 1.29 is 0 Å². The number of nitrogens with zero attached hydrogens (tertiary/aromatic N) is 2. The van der Waals surface area contributed by atoms with Gasteiger partial charge in [-0.2, -0.15) is 0 Å². The van der Waals surface area contributed by atoms with Crippen LogP contribution in [0.2, 0.25) is 0 Å². The second kappa shape index (κ2) is 5.06. The Kier molecular flexibility index (Phi) is 3.44. The number of aromatic nitrogens is 1. The first kappa shape index (κ1) is 12.2. The topological polar surface area (TPSA) is 8.17 Å². The molecular weight excluding hydrogens is 288 g/mol. The van der Waals surface area contributed by atoms with Gasteiger partial charge in [0.1, 0.15) is 0 Å². The number of aryl methyl sites for hydroxylation is 1. The fraction of sp³-hybridized carbons (Fsp3) is 0.467. The van der Waals surface area contributed by atoms with Gasteiger partial charge >= 0.3 is 0 Å². The van der Waals surface area contributed by atoms with E-state index < -0.39 is 0 Å². The van der Waals surface area contributed by atoms with Gasteiger partial charge in [0.05, 0.1) is 5.45 Å². The number of fused-ring (bicyclic) bond motifs is 1. The molecule has 1 aliphatic rings. The molecule has 18 heavy (non-hydrogen) atoms. The smallest absolute Gasteiger partial charge is 0.0542 e. The average molecular weight is 307 g/mol. The van der Waals surface area contributed by atoms with Gasteiger partial charge in [-0.25, -0.2) is 0 Å².